The Morgan fingerprint density at radius 1 is 1.04 bits per heavy atom. The number of benzene rings is 2. The van der Waals surface area contributed by atoms with Gasteiger partial charge in [0.05, 0.1) is 0 Å². The Balaban J connectivity index is 1.87. The van der Waals surface area contributed by atoms with Crippen LogP contribution in [0.4, 0.5) is 5.69 Å². The molecule has 0 aromatic heterocycles. The Labute approximate surface area is 161 Å². The fourth-order valence-electron chi connectivity index (χ4n) is 2.72. The number of anilines is 1. The van der Waals surface area contributed by atoms with E-state index in [9.17, 15) is 9.59 Å². The number of hydrogen-bond donors (Lipinski definition) is 2. The van der Waals surface area contributed by atoms with Crippen LogP contribution in [0.2, 0.25) is 0 Å². The first-order valence-electron chi connectivity index (χ1n) is 9.34. The van der Waals surface area contributed by atoms with E-state index in [2.05, 4.69) is 24.5 Å². The summed E-state index contributed by atoms with van der Waals surface area (Å²) >= 11 is 0. The molecule has 0 saturated carbocycles. The lowest BCUT2D eigenvalue weighted by molar-refractivity contribution is -0.120. The van der Waals surface area contributed by atoms with E-state index in [1.54, 1.807) is 7.05 Å². The van der Waals surface area contributed by atoms with Crippen LogP contribution in [0.25, 0.3) is 0 Å². The van der Waals surface area contributed by atoms with E-state index in [1.807, 2.05) is 48.5 Å². The number of carbonyl (C=O) groups excluding carboxylic acids is 2. The van der Waals surface area contributed by atoms with Crippen LogP contribution in [-0.2, 0) is 16.0 Å². The van der Waals surface area contributed by atoms with Gasteiger partial charge in [-0.2, -0.15) is 0 Å². The molecule has 5 heteroatoms. The third-order valence-corrected chi connectivity index (χ3v) is 4.58. The van der Waals surface area contributed by atoms with Crippen LogP contribution in [0, 0.1) is 0 Å². The quantitative estimate of drug-likeness (QED) is 0.705. The molecule has 2 amide bonds. The number of rotatable bonds is 9. The van der Waals surface area contributed by atoms with Crippen molar-refractivity contribution in [2.45, 2.75) is 39.0 Å². The van der Waals surface area contributed by atoms with Gasteiger partial charge in [0.2, 0.25) is 5.91 Å². The number of hydrogen-bond acceptors (Lipinski definition) is 3. The van der Waals surface area contributed by atoms with Gasteiger partial charge in [-0.05, 0) is 48.1 Å². The van der Waals surface area contributed by atoms with Crippen molar-refractivity contribution in [1.82, 2.24) is 5.32 Å². The highest BCUT2D eigenvalue weighted by Crippen LogP contribution is 2.28. The summed E-state index contributed by atoms with van der Waals surface area (Å²) in [6, 6.07) is 15.3. The Bertz CT molecular complexity index is 756. The molecule has 5 nitrogen and oxygen atoms in total. The van der Waals surface area contributed by atoms with Crippen molar-refractivity contribution in [3.05, 3.63) is 59.7 Å². The molecule has 27 heavy (non-hydrogen) atoms. The minimum Gasteiger partial charge on any atom is -0.483 e. The van der Waals surface area contributed by atoms with E-state index in [-0.39, 0.29) is 18.4 Å². The van der Waals surface area contributed by atoms with Crippen molar-refractivity contribution in [3.63, 3.8) is 0 Å². The van der Waals surface area contributed by atoms with Gasteiger partial charge in [0.15, 0.2) is 6.61 Å². The molecular weight excluding hydrogens is 340 g/mol. The van der Waals surface area contributed by atoms with E-state index in [0.29, 0.717) is 24.4 Å². The fourth-order valence-corrected chi connectivity index (χ4v) is 2.72. The number of para-hydroxylation sites is 1. The minimum absolute atomic E-state index is 0.0159. The zero-order valence-electron chi connectivity index (χ0n) is 16.2. The highest BCUT2D eigenvalue weighted by atomic mass is 16.5. The zero-order valence-corrected chi connectivity index (χ0v) is 16.2. The summed E-state index contributed by atoms with van der Waals surface area (Å²) in [5.74, 6) is 0.951. The first-order chi connectivity index (χ1) is 13.0. The van der Waals surface area contributed by atoms with Gasteiger partial charge in [-0.15, -0.1) is 0 Å². The Morgan fingerprint density at radius 2 is 1.74 bits per heavy atom. The summed E-state index contributed by atoms with van der Waals surface area (Å²) in [6.07, 6.45) is 2.13. The van der Waals surface area contributed by atoms with Crippen LogP contribution in [-0.4, -0.2) is 25.5 Å². The molecule has 0 radical (unpaired) electrons. The van der Waals surface area contributed by atoms with Crippen LogP contribution in [0.1, 0.15) is 43.7 Å². The second-order valence-electron chi connectivity index (χ2n) is 6.55. The van der Waals surface area contributed by atoms with Crippen molar-refractivity contribution in [2.24, 2.45) is 0 Å². The van der Waals surface area contributed by atoms with Crippen molar-refractivity contribution >= 4 is 17.5 Å². The average molecular weight is 368 g/mol. The summed E-state index contributed by atoms with van der Waals surface area (Å²) in [5, 5.41) is 5.44. The smallest absolute Gasteiger partial charge is 0.262 e. The SMILES string of the molecule is CCC(C)c1ccccc1OCC(=O)Nc1ccc(CCC(=O)NC)cc1. The van der Waals surface area contributed by atoms with Gasteiger partial charge in [0.1, 0.15) is 5.75 Å². The molecule has 0 aliphatic heterocycles. The van der Waals surface area contributed by atoms with E-state index in [4.69, 9.17) is 4.74 Å². The first-order valence-corrected chi connectivity index (χ1v) is 9.34. The van der Waals surface area contributed by atoms with Crippen molar-refractivity contribution in [2.75, 3.05) is 19.0 Å². The van der Waals surface area contributed by atoms with Crippen LogP contribution < -0.4 is 15.4 Å². The summed E-state index contributed by atoms with van der Waals surface area (Å²) < 4.78 is 5.74. The van der Waals surface area contributed by atoms with Crippen LogP contribution >= 0.6 is 0 Å². The lowest BCUT2D eigenvalue weighted by atomic mass is 9.98. The minimum atomic E-state index is -0.202. The normalized spacial score (nSPS) is 11.5. The molecule has 0 fully saturated rings. The lowest BCUT2D eigenvalue weighted by Crippen LogP contribution is -2.20. The number of ether oxygens (including phenoxy) is 1. The highest BCUT2D eigenvalue weighted by Gasteiger charge is 2.11. The zero-order chi connectivity index (χ0) is 19.6. The number of nitrogens with one attached hydrogen (secondary N) is 2. The Hall–Kier alpha value is -2.82. The van der Waals surface area contributed by atoms with E-state index >= 15 is 0 Å². The third kappa shape index (κ3) is 6.44. The van der Waals surface area contributed by atoms with Crippen molar-refractivity contribution in [1.29, 1.82) is 0 Å². The molecule has 2 aromatic carbocycles. The molecule has 0 bridgehead atoms. The molecule has 2 aromatic rings. The third-order valence-electron chi connectivity index (χ3n) is 4.58. The van der Waals surface area contributed by atoms with Gasteiger partial charge < -0.3 is 15.4 Å². The molecule has 0 saturated heterocycles. The van der Waals surface area contributed by atoms with Crippen LogP contribution in [0.5, 0.6) is 5.75 Å². The molecule has 0 aliphatic carbocycles. The largest absolute Gasteiger partial charge is 0.483 e. The second kappa shape index (κ2) is 10.4. The molecule has 1 atom stereocenters. The predicted molar refractivity (Wildman–Crippen MR) is 108 cm³/mol. The standard InChI is InChI=1S/C22H28N2O3/c1-4-16(2)19-7-5-6-8-20(19)27-15-22(26)24-18-12-9-17(10-13-18)11-14-21(25)23-3/h5-10,12-13,16H,4,11,14-15H2,1-3H3,(H,23,25)(H,24,26). The molecule has 2 rings (SSSR count). The lowest BCUT2D eigenvalue weighted by Gasteiger charge is -2.15. The van der Waals surface area contributed by atoms with Gasteiger partial charge >= 0.3 is 0 Å². The number of aryl methyl sites for hydroxylation is 1. The summed E-state index contributed by atoms with van der Waals surface area (Å²) in [5.41, 5.74) is 2.88. The summed E-state index contributed by atoms with van der Waals surface area (Å²) in [7, 11) is 1.63. The second-order valence-corrected chi connectivity index (χ2v) is 6.55. The van der Waals surface area contributed by atoms with Gasteiger partial charge in [-0.3, -0.25) is 9.59 Å². The monoisotopic (exact) mass is 368 g/mol. The predicted octanol–water partition coefficient (Wildman–Crippen LogP) is 3.90. The molecule has 1 unspecified atom stereocenters. The Morgan fingerprint density at radius 3 is 2.41 bits per heavy atom. The summed E-state index contributed by atoms with van der Waals surface area (Å²) in [6.45, 7) is 4.24. The Kier molecular flexibility index (Phi) is 7.86. The van der Waals surface area contributed by atoms with E-state index in [0.717, 1.165) is 23.3 Å². The van der Waals surface area contributed by atoms with Gasteiger partial charge in [-0.25, -0.2) is 0 Å². The first kappa shape index (κ1) is 20.5. The van der Waals surface area contributed by atoms with Crippen LogP contribution in [0.3, 0.4) is 0 Å². The maximum atomic E-state index is 12.2. The highest BCUT2D eigenvalue weighted by molar-refractivity contribution is 5.91. The molecule has 2 N–H and O–H groups in total. The van der Waals surface area contributed by atoms with E-state index in [1.165, 1.54) is 0 Å². The van der Waals surface area contributed by atoms with Crippen molar-refractivity contribution in [3.8, 4) is 5.75 Å². The average Bonchev–Trinajstić information content (AvgIpc) is 2.71. The van der Waals surface area contributed by atoms with Gasteiger partial charge in [0.25, 0.3) is 5.91 Å². The maximum absolute atomic E-state index is 12.2. The maximum Gasteiger partial charge on any atom is 0.262 e. The number of amides is 2. The molecule has 0 spiro atoms. The molecular formula is C22H28N2O3. The topological polar surface area (TPSA) is 67.4 Å². The molecule has 0 aliphatic rings. The van der Waals surface area contributed by atoms with E-state index < -0.39 is 0 Å². The molecule has 144 valence electrons. The van der Waals surface area contributed by atoms with Gasteiger partial charge in [0, 0.05) is 19.2 Å². The summed E-state index contributed by atoms with van der Waals surface area (Å²) in [4.78, 5) is 23.5. The molecule has 0 heterocycles. The number of carbonyl (C=O) groups is 2. The van der Waals surface area contributed by atoms with Crippen molar-refractivity contribution < 1.29 is 14.3 Å². The van der Waals surface area contributed by atoms with Gasteiger partial charge in [-0.1, -0.05) is 44.2 Å². The van der Waals surface area contributed by atoms with Crippen LogP contribution in [0.15, 0.2) is 48.5 Å². The fraction of sp³-hybridized carbons (Fsp3) is 0.364.